The molecule has 1 saturated heterocycles. The predicted octanol–water partition coefficient (Wildman–Crippen LogP) is 4.70. The van der Waals surface area contributed by atoms with Gasteiger partial charge in [0.15, 0.2) is 5.17 Å². The van der Waals surface area contributed by atoms with Gasteiger partial charge in [0, 0.05) is 23.6 Å². The number of ether oxygens (including phenoxy) is 1. The molecular formula is C19H17BrClN3O3S. The first-order valence-electron chi connectivity index (χ1n) is 8.29. The maximum absolute atomic E-state index is 12.7. The molecule has 3 rings (SSSR count). The van der Waals surface area contributed by atoms with Crippen molar-refractivity contribution in [3.05, 3.63) is 52.0 Å². The Hall–Kier alpha value is -2.03. The van der Waals surface area contributed by atoms with Crippen molar-refractivity contribution < 1.29 is 14.3 Å². The first-order chi connectivity index (χ1) is 13.4. The molecule has 1 aliphatic rings. The largest absolute Gasteiger partial charge is 0.495 e. The van der Waals surface area contributed by atoms with Crippen LogP contribution >= 0.6 is 39.3 Å². The zero-order chi connectivity index (χ0) is 20.3. The maximum Gasteiger partial charge on any atom is 0.238 e. The van der Waals surface area contributed by atoms with E-state index in [1.165, 1.54) is 23.8 Å². The molecule has 0 aliphatic carbocycles. The summed E-state index contributed by atoms with van der Waals surface area (Å²) in [5, 5.41) is 3.13. The lowest BCUT2D eigenvalue weighted by Crippen LogP contribution is -2.43. The van der Waals surface area contributed by atoms with E-state index >= 15 is 0 Å². The van der Waals surface area contributed by atoms with Crippen molar-refractivity contribution >= 4 is 67.6 Å². The van der Waals surface area contributed by atoms with Crippen molar-refractivity contribution in [2.75, 3.05) is 19.5 Å². The minimum Gasteiger partial charge on any atom is -0.495 e. The smallest absolute Gasteiger partial charge is 0.238 e. The lowest BCUT2D eigenvalue weighted by atomic mass is 10.2. The molecule has 2 amide bonds. The van der Waals surface area contributed by atoms with Crippen molar-refractivity contribution in [3.8, 4) is 5.75 Å². The van der Waals surface area contributed by atoms with Crippen LogP contribution in [-0.4, -0.2) is 41.3 Å². The van der Waals surface area contributed by atoms with Crippen molar-refractivity contribution in [3.63, 3.8) is 0 Å². The quantitative estimate of drug-likeness (QED) is 0.686. The van der Waals surface area contributed by atoms with Crippen molar-refractivity contribution in [1.82, 2.24) is 4.90 Å². The molecule has 9 heteroatoms. The van der Waals surface area contributed by atoms with Crippen LogP contribution in [0.25, 0.3) is 0 Å². The molecular weight excluding hydrogens is 466 g/mol. The van der Waals surface area contributed by atoms with Gasteiger partial charge in [-0.2, -0.15) is 0 Å². The van der Waals surface area contributed by atoms with E-state index in [4.69, 9.17) is 16.3 Å². The van der Waals surface area contributed by atoms with E-state index in [1.807, 2.05) is 12.1 Å². The van der Waals surface area contributed by atoms with Crippen LogP contribution in [0, 0.1) is 0 Å². The predicted molar refractivity (Wildman–Crippen MR) is 117 cm³/mol. The standard InChI is InChI=1S/C19H17BrClN3O3S/c1-24-17(25)10-16(18(26)22-12-5-3-4-11(20)8-12)28-19(24)23-13-6-7-15(27-2)14(21)9-13/h3-9,16H,10H2,1-2H3,(H,22,26). The topological polar surface area (TPSA) is 71.0 Å². The third-order valence-electron chi connectivity index (χ3n) is 4.01. The monoisotopic (exact) mass is 481 g/mol. The summed E-state index contributed by atoms with van der Waals surface area (Å²) in [6.45, 7) is 0. The van der Waals surface area contributed by atoms with Crippen LogP contribution in [0.2, 0.25) is 5.02 Å². The van der Waals surface area contributed by atoms with Crippen LogP contribution < -0.4 is 10.1 Å². The second-order valence-corrected chi connectivity index (χ2v) is 8.47. The van der Waals surface area contributed by atoms with Gasteiger partial charge in [-0.05, 0) is 36.4 Å². The number of anilines is 1. The van der Waals surface area contributed by atoms with Crippen LogP contribution in [0.1, 0.15) is 6.42 Å². The summed E-state index contributed by atoms with van der Waals surface area (Å²) < 4.78 is 5.99. The Balaban J connectivity index is 1.79. The van der Waals surface area contributed by atoms with E-state index in [9.17, 15) is 9.59 Å². The number of hydrogen-bond donors (Lipinski definition) is 1. The number of hydrogen-bond acceptors (Lipinski definition) is 5. The van der Waals surface area contributed by atoms with Crippen LogP contribution in [0.15, 0.2) is 51.9 Å². The van der Waals surface area contributed by atoms with Crippen LogP contribution in [-0.2, 0) is 9.59 Å². The normalized spacial score (nSPS) is 18.3. The molecule has 1 fully saturated rings. The lowest BCUT2D eigenvalue weighted by Gasteiger charge is -2.28. The fourth-order valence-electron chi connectivity index (χ4n) is 2.52. The number of amides is 2. The summed E-state index contributed by atoms with van der Waals surface area (Å²) >= 11 is 10.8. The van der Waals surface area contributed by atoms with Crippen LogP contribution in [0.4, 0.5) is 11.4 Å². The number of carbonyl (C=O) groups excluding carboxylic acids is 2. The summed E-state index contributed by atoms with van der Waals surface area (Å²) in [5.74, 6) is 0.120. The average molecular weight is 483 g/mol. The van der Waals surface area contributed by atoms with Gasteiger partial charge in [0.2, 0.25) is 11.8 Å². The number of aliphatic imine (C=N–C) groups is 1. The van der Waals surface area contributed by atoms with Gasteiger partial charge in [-0.15, -0.1) is 0 Å². The van der Waals surface area contributed by atoms with Crippen LogP contribution in [0.3, 0.4) is 0 Å². The molecule has 2 aromatic rings. The zero-order valence-corrected chi connectivity index (χ0v) is 18.3. The number of thioether (sulfide) groups is 1. The number of nitrogens with one attached hydrogen (secondary N) is 1. The first kappa shape index (κ1) is 20.7. The highest BCUT2D eigenvalue weighted by molar-refractivity contribution is 9.10. The highest BCUT2D eigenvalue weighted by Crippen LogP contribution is 2.32. The van der Waals surface area contributed by atoms with E-state index in [0.29, 0.717) is 27.3 Å². The Labute approximate surface area is 180 Å². The SMILES string of the molecule is COc1ccc(N=C2SC(C(=O)Nc3cccc(Br)c3)CC(=O)N2C)cc1Cl. The molecule has 1 atom stereocenters. The summed E-state index contributed by atoms with van der Waals surface area (Å²) in [6.07, 6.45) is 0.101. The molecule has 146 valence electrons. The minimum absolute atomic E-state index is 0.101. The second-order valence-electron chi connectivity index (χ2n) is 5.98. The van der Waals surface area contributed by atoms with Gasteiger partial charge in [-0.3, -0.25) is 14.5 Å². The van der Waals surface area contributed by atoms with Gasteiger partial charge in [0.1, 0.15) is 11.0 Å². The molecule has 0 bridgehead atoms. The minimum atomic E-state index is -0.574. The number of amidine groups is 1. The molecule has 1 heterocycles. The Morgan fingerprint density at radius 3 is 2.82 bits per heavy atom. The molecule has 0 spiro atoms. The molecule has 6 nitrogen and oxygen atoms in total. The van der Waals surface area contributed by atoms with Crippen molar-refractivity contribution in [2.24, 2.45) is 4.99 Å². The molecule has 0 saturated carbocycles. The molecule has 28 heavy (non-hydrogen) atoms. The average Bonchev–Trinajstić information content (AvgIpc) is 2.65. The zero-order valence-electron chi connectivity index (χ0n) is 15.1. The van der Waals surface area contributed by atoms with E-state index in [-0.39, 0.29) is 18.2 Å². The molecule has 2 aromatic carbocycles. The van der Waals surface area contributed by atoms with Crippen LogP contribution in [0.5, 0.6) is 5.75 Å². The van der Waals surface area contributed by atoms with E-state index < -0.39 is 5.25 Å². The lowest BCUT2D eigenvalue weighted by molar-refractivity contribution is -0.128. The van der Waals surface area contributed by atoms with E-state index in [1.54, 1.807) is 37.4 Å². The summed E-state index contributed by atoms with van der Waals surface area (Å²) in [7, 11) is 3.17. The number of nitrogens with zero attached hydrogens (tertiary/aromatic N) is 2. The van der Waals surface area contributed by atoms with Crippen molar-refractivity contribution in [2.45, 2.75) is 11.7 Å². The van der Waals surface area contributed by atoms with Gasteiger partial charge in [0.05, 0.1) is 17.8 Å². The number of benzene rings is 2. The third-order valence-corrected chi connectivity index (χ3v) is 6.04. The summed E-state index contributed by atoms with van der Waals surface area (Å²) in [5.41, 5.74) is 1.23. The first-order valence-corrected chi connectivity index (χ1v) is 10.3. The molecule has 1 aliphatic heterocycles. The maximum atomic E-state index is 12.7. The highest BCUT2D eigenvalue weighted by atomic mass is 79.9. The number of methoxy groups -OCH3 is 1. The van der Waals surface area contributed by atoms with Gasteiger partial charge in [-0.25, -0.2) is 4.99 Å². The fourth-order valence-corrected chi connectivity index (χ4v) is 4.24. The number of halogens is 2. The van der Waals surface area contributed by atoms with E-state index in [0.717, 1.165) is 4.47 Å². The molecule has 0 radical (unpaired) electrons. The Morgan fingerprint density at radius 1 is 1.36 bits per heavy atom. The number of rotatable bonds is 4. The second kappa shape index (κ2) is 8.98. The fraction of sp³-hybridized carbons (Fsp3) is 0.211. The Bertz CT molecular complexity index is 954. The van der Waals surface area contributed by atoms with Gasteiger partial charge < -0.3 is 10.1 Å². The molecule has 0 aromatic heterocycles. The summed E-state index contributed by atoms with van der Waals surface area (Å²) in [4.78, 5) is 31.0. The van der Waals surface area contributed by atoms with Gasteiger partial charge in [0.25, 0.3) is 0 Å². The number of carbonyl (C=O) groups is 2. The molecule has 1 N–H and O–H groups in total. The summed E-state index contributed by atoms with van der Waals surface area (Å²) in [6, 6.07) is 12.4. The Kier molecular flexibility index (Phi) is 6.64. The van der Waals surface area contributed by atoms with Gasteiger partial charge >= 0.3 is 0 Å². The highest BCUT2D eigenvalue weighted by Gasteiger charge is 2.34. The third kappa shape index (κ3) is 4.87. The van der Waals surface area contributed by atoms with E-state index in [2.05, 4.69) is 26.2 Å². The Morgan fingerprint density at radius 2 is 2.14 bits per heavy atom. The van der Waals surface area contributed by atoms with Gasteiger partial charge in [-0.1, -0.05) is 45.4 Å². The molecule has 1 unspecified atom stereocenters. The van der Waals surface area contributed by atoms with Crippen molar-refractivity contribution in [1.29, 1.82) is 0 Å².